The van der Waals surface area contributed by atoms with E-state index in [-0.39, 0.29) is 11.2 Å². The van der Waals surface area contributed by atoms with E-state index in [1.807, 2.05) is 26.0 Å². The number of halogens is 1. The van der Waals surface area contributed by atoms with Crippen LogP contribution in [0.3, 0.4) is 0 Å². The predicted molar refractivity (Wildman–Crippen MR) is 91.8 cm³/mol. The first-order valence-electron chi connectivity index (χ1n) is 7.78. The zero-order valence-electron chi connectivity index (χ0n) is 14.4. The second kappa shape index (κ2) is 7.06. The molecule has 1 aromatic rings. The molecule has 0 bridgehead atoms. The second-order valence-corrected chi connectivity index (χ2v) is 7.08. The molecule has 1 unspecified atom stereocenters. The summed E-state index contributed by atoms with van der Waals surface area (Å²) in [7, 11) is 0. The molecular weight excluding hydrogens is 259 g/mol. The van der Waals surface area contributed by atoms with Gasteiger partial charge in [0.15, 0.2) is 0 Å². The molecule has 1 rings (SSSR count). The molecule has 1 atom stereocenters. The maximum absolute atomic E-state index is 13.9. The summed E-state index contributed by atoms with van der Waals surface area (Å²) in [6.45, 7) is 17.2. The number of hydrogen-bond acceptors (Lipinski definition) is 0. The van der Waals surface area contributed by atoms with Crippen molar-refractivity contribution in [2.45, 2.75) is 54.4 Å². The van der Waals surface area contributed by atoms with E-state index in [1.165, 1.54) is 6.07 Å². The molecule has 116 valence electrons. The Morgan fingerprint density at radius 3 is 2.43 bits per heavy atom. The molecule has 0 aliphatic carbocycles. The van der Waals surface area contributed by atoms with Crippen LogP contribution in [0.1, 0.15) is 58.6 Å². The minimum atomic E-state index is -0.162. The number of aryl methyl sites for hydroxylation is 1. The molecule has 0 aliphatic rings. The molecule has 0 amide bonds. The quantitative estimate of drug-likeness (QED) is 0.538. The Morgan fingerprint density at radius 2 is 1.95 bits per heavy atom. The van der Waals surface area contributed by atoms with Crippen LogP contribution in [-0.4, -0.2) is 0 Å². The van der Waals surface area contributed by atoms with E-state index in [4.69, 9.17) is 0 Å². The van der Waals surface area contributed by atoms with Crippen molar-refractivity contribution in [1.29, 1.82) is 0 Å². The number of rotatable bonds is 5. The van der Waals surface area contributed by atoms with Gasteiger partial charge in [0.25, 0.3) is 0 Å². The fourth-order valence-electron chi connectivity index (χ4n) is 2.67. The smallest absolute Gasteiger partial charge is 0.130 e. The topological polar surface area (TPSA) is 0 Å². The van der Waals surface area contributed by atoms with Crippen LogP contribution in [0.15, 0.2) is 35.9 Å². The summed E-state index contributed by atoms with van der Waals surface area (Å²) < 4.78 is 13.9. The van der Waals surface area contributed by atoms with Crippen LogP contribution in [0, 0.1) is 24.1 Å². The number of hydrogen-bond donors (Lipinski definition) is 0. The molecule has 0 N–H and O–H groups in total. The van der Waals surface area contributed by atoms with Gasteiger partial charge in [-0.3, -0.25) is 0 Å². The molecule has 0 saturated carbocycles. The summed E-state index contributed by atoms with van der Waals surface area (Å²) >= 11 is 0. The van der Waals surface area contributed by atoms with Crippen molar-refractivity contribution in [2.75, 3.05) is 0 Å². The van der Waals surface area contributed by atoms with Crippen molar-refractivity contribution in [3.63, 3.8) is 0 Å². The van der Waals surface area contributed by atoms with Crippen LogP contribution in [-0.2, 0) is 0 Å². The Kier molecular flexibility index (Phi) is 5.95. The summed E-state index contributed by atoms with van der Waals surface area (Å²) in [4.78, 5) is 0. The Labute approximate surface area is 129 Å². The lowest BCUT2D eigenvalue weighted by Gasteiger charge is -2.30. The lowest BCUT2D eigenvalue weighted by atomic mass is 9.75. The highest BCUT2D eigenvalue weighted by Gasteiger charge is 2.23. The lowest BCUT2D eigenvalue weighted by molar-refractivity contribution is 0.232. The SMILES string of the molecule is C=C(CC(CC)C(C)(C)C)/C(C)=C/c1c(C)cccc1F. The van der Waals surface area contributed by atoms with E-state index < -0.39 is 0 Å². The first-order chi connectivity index (χ1) is 9.66. The van der Waals surface area contributed by atoms with Crippen molar-refractivity contribution in [1.82, 2.24) is 0 Å². The molecule has 0 spiro atoms. The second-order valence-electron chi connectivity index (χ2n) is 7.08. The van der Waals surface area contributed by atoms with Crippen LogP contribution in [0.25, 0.3) is 6.08 Å². The van der Waals surface area contributed by atoms with Crippen molar-refractivity contribution in [3.8, 4) is 0 Å². The van der Waals surface area contributed by atoms with Gasteiger partial charge in [-0.2, -0.15) is 0 Å². The minimum Gasteiger partial charge on any atom is -0.206 e. The van der Waals surface area contributed by atoms with E-state index in [0.717, 1.165) is 29.6 Å². The largest absolute Gasteiger partial charge is 0.206 e. The van der Waals surface area contributed by atoms with Crippen molar-refractivity contribution >= 4 is 6.08 Å². The fourth-order valence-corrected chi connectivity index (χ4v) is 2.67. The van der Waals surface area contributed by atoms with Gasteiger partial charge in [-0.1, -0.05) is 58.4 Å². The summed E-state index contributed by atoms with van der Waals surface area (Å²) in [5, 5.41) is 0. The molecule has 0 saturated heterocycles. The average Bonchev–Trinajstić information content (AvgIpc) is 2.38. The van der Waals surface area contributed by atoms with E-state index in [9.17, 15) is 4.39 Å². The molecule has 21 heavy (non-hydrogen) atoms. The average molecular weight is 288 g/mol. The van der Waals surface area contributed by atoms with Gasteiger partial charge in [0.2, 0.25) is 0 Å². The third-order valence-electron chi connectivity index (χ3n) is 4.40. The molecule has 0 fully saturated rings. The van der Waals surface area contributed by atoms with Gasteiger partial charge in [0.1, 0.15) is 5.82 Å². The zero-order chi connectivity index (χ0) is 16.2. The predicted octanol–water partition coefficient (Wildman–Crippen LogP) is 6.56. The molecule has 0 aliphatic heterocycles. The van der Waals surface area contributed by atoms with E-state index >= 15 is 0 Å². The standard InChI is InChI=1S/C20H29F/c1-8-17(20(5,6)7)12-15(3)16(4)13-18-14(2)10-9-11-19(18)21/h9-11,13,17H,3,8,12H2,1-2,4-7H3/b16-13+. The van der Waals surface area contributed by atoms with Crippen LogP contribution in [0.2, 0.25) is 0 Å². The first-order valence-corrected chi connectivity index (χ1v) is 7.78. The number of benzene rings is 1. The molecule has 1 aromatic carbocycles. The van der Waals surface area contributed by atoms with Crippen LogP contribution < -0.4 is 0 Å². The van der Waals surface area contributed by atoms with Crippen molar-refractivity contribution < 1.29 is 4.39 Å². The lowest BCUT2D eigenvalue weighted by Crippen LogP contribution is -2.20. The summed E-state index contributed by atoms with van der Waals surface area (Å²) in [5.41, 5.74) is 4.10. The molecule has 0 radical (unpaired) electrons. The Morgan fingerprint density at radius 1 is 1.33 bits per heavy atom. The van der Waals surface area contributed by atoms with Crippen LogP contribution in [0.4, 0.5) is 4.39 Å². The van der Waals surface area contributed by atoms with Crippen LogP contribution in [0.5, 0.6) is 0 Å². The van der Waals surface area contributed by atoms with Gasteiger partial charge in [-0.25, -0.2) is 4.39 Å². The van der Waals surface area contributed by atoms with Gasteiger partial charge in [-0.15, -0.1) is 0 Å². The molecule has 0 heterocycles. The third kappa shape index (κ3) is 4.84. The van der Waals surface area contributed by atoms with E-state index in [2.05, 4.69) is 34.3 Å². The third-order valence-corrected chi connectivity index (χ3v) is 4.40. The van der Waals surface area contributed by atoms with Gasteiger partial charge in [0.05, 0.1) is 0 Å². The summed E-state index contributed by atoms with van der Waals surface area (Å²) in [6.07, 6.45) is 4.03. The van der Waals surface area contributed by atoms with Gasteiger partial charge < -0.3 is 0 Å². The van der Waals surface area contributed by atoms with Crippen LogP contribution >= 0.6 is 0 Å². The van der Waals surface area contributed by atoms with Gasteiger partial charge in [0, 0.05) is 5.56 Å². The normalized spacial score (nSPS) is 14.1. The maximum Gasteiger partial charge on any atom is 0.130 e. The minimum absolute atomic E-state index is 0.162. The van der Waals surface area contributed by atoms with E-state index in [0.29, 0.717) is 11.5 Å². The summed E-state index contributed by atoms with van der Waals surface area (Å²) in [5.74, 6) is 0.431. The highest BCUT2D eigenvalue weighted by atomic mass is 19.1. The molecule has 0 aromatic heterocycles. The van der Waals surface area contributed by atoms with Gasteiger partial charge in [-0.05, 0) is 54.9 Å². The van der Waals surface area contributed by atoms with Crippen molar-refractivity contribution in [2.24, 2.45) is 11.3 Å². The van der Waals surface area contributed by atoms with Gasteiger partial charge >= 0.3 is 0 Å². The molecular formula is C20H29F. The number of allylic oxidation sites excluding steroid dienone is 2. The summed E-state index contributed by atoms with van der Waals surface area (Å²) in [6, 6.07) is 5.20. The highest BCUT2D eigenvalue weighted by Crippen LogP contribution is 2.35. The fraction of sp³-hybridized carbons (Fsp3) is 0.500. The van der Waals surface area contributed by atoms with E-state index in [1.54, 1.807) is 6.07 Å². The molecule has 0 nitrogen and oxygen atoms in total. The maximum atomic E-state index is 13.9. The Hall–Kier alpha value is -1.37. The highest BCUT2D eigenvalue weighted by molar-refractivity contribution is 5.60. The molecule has 1 heteroatoms. The first kappa shape index (κ1) is 17.7. The zero-order valence-corrected chi connectivity index (χ0v) is 14.4. The van der Waals surface area contributed by atoms with Crippen molar-refractivity contribution in [3.05, 3.63) is 52.9 Å². The Balaban J connectivity index is 2.95. The Bertz CT molecular complexity index is 509. The monoisotopic (exact) mass is 288 g/mol.